The number of ether oxygens (including phenoxy) is 1. The van der Waals surface area contributed by atoms with Crippen LogP contribution in [-0.4, -0.2) is 13.0 Å². The van der Waals surface area contributed by atoms with Gasteiger partial charge in [0.25, 0.3) is 5.91 Å². The minimum Gasteiger partial charge on any atom is -0.497 e. The van der Waals surface area contributed by atoms with Crippen LogP contribution in [-0.2, 0) is 11.3 Å². The minimum atomic E-state index is -0.494. The van der Waals surface area contributed by atoms with Crippen molar-refractivity contribution in [2.45, 2.75) is 13.5 Å². The van der Waals surface area contributed by atoms with E-state index in [0.717, 1.165) is 16.9 Å². The zero-order valence-corrected chi connectivity index (χ0v) is 14.7. The summed E-state index contributed by atoms with van der Waals surface area (Å²) in [6.07, 6.45) is 1.40. The van der Waals surface area contributed by atoms with Gasteiger partial charge in [-0.25, -0.2) is 0 Å². The first kappa shape index (κ1) is 18.4. The number of methoxy groups -OCH3 is 1. The topological polar surface area (TPSA) is 74.1 Å². The van der Waals surface area contributed by atoms with Crippen LogP contribution in [0.25, 0.3) is 0 Å². The average Bonchev–Trinajstić information content (AvgIpc) is 2.62. The van der Waals surface area contributed by atoms with Gasteiger partial charge in [0.05, 0.1) is 7.11 Å². The summed E-state index contributed by atoms with van der Waals surface area (Å²) in [5.41, 5.74) is 2.38. The zero-order valence-electron chi connectivity index (χ0n) is 14.0. The second kappa shape index (κ2) is 8.76. The van der Waals surface area contributed by atoms with Crippen LogP contribution in [0.5, 0.6) is 5.75 Å². The van der Waals surface area contributed by atoms with E-state index in [-0.39, 0.29) is 5.57 Å². The molecule has 2 aromatic rings. The molecule has 128 valence electrons. The van der Waals surface area contributed by atoms with Crippen LogP contribution in [0.3, 0.4) is 0 Å². The molecule has 5 nitrogen and oxygen atoms in total. The van der Waals surface area contributed by atoms with E-state index in [1.54, 1.807) is 25.3 Å². The zero-order chi connectivity index (χ0) is 18.2. The molecular formula is C19H18ClN3O2. The third-order valence-corrected chi connectivity index (χ3v) is 3.73. The first-order valence-electron chi connectivity index (χ1n) is 7.57. The highest BCUT2D eigenvalue weighted by Gasteiger charge is 2.11. The van der Waals surface area contributed by atoms with E-state index in [2.05, 4.69) is 10.6 Å². The number of nitrogens with zero attached hydrogens (tertiary/aromatic N) is 1. The fourth-order valence-electron chi connectivity index (χ4n) is 2.12. The predicted octanol–water partition coefficient (Wildman–Crippen LogP) is 3.79. The Hall–Kier alpha value is -2.97. The number of nitrogens with one attached hydrogen (secondary N) is 2. The maximum atomic E-state index is 12.2. The molecule has 2 N–H and O–H groups in total. The van der Waals surface area contributed by atoms with Crippen LogP contribution in [0.4, 0.5) is 5.69 Å². The van der Waals surface area contributed by atoms with E-state index in [9.17, 15) is 10.1 Å². The summed E-state index contributed by atoms with van der Waals surface area (Å²) in [6.45, 7) is 2.31. The van der Waals surface area contributed by atoms with Crippen molar-refractivity contribution in [3.8, 4) is 11.8 Å². The standard InChI is InChI=1S/C19H18ClN3O2/c1-13-6-7-16(20)9-18(13)23-19(24)15(10-21)12-22-11-14-4-3-5-17(8-14)25-2/h3-9,12,22H,11H2,1-2H3,(H,23,24)/b15-12-. The van der Waals surface area contributed by atoms with Crippen molar-refractivity contribution < 1.29 is 9.53 Å². The highest BCUT2D eigenvalue weighted by Crippen LogP contribution is 2.20. The molecule has 0 bridgehead atoms. The van der Waals surface area contributed by atoms with Gasteiger partial charge in [0, 0.05) is 23.5 Å². The SMILES string of the molecule is COc1cccc(CN/C=C(/C#N)C(=O)Nc2cc(Cl)ccc2C)c1. The summed E-state index contributed by atoms with van der Waals surface area (Å²) in [4.78, 5) is 12.2. The van der Waals surface area contributed by atoms with E-state index in [1.807, 2.05) is 37.3 Å². The summed E-state index contributed by atoms with van der Waals surface area (Å²) in [5, 5.41) is 15.4. The predicted molar refractivity (Wildman–Crippen MR) is 98.3 cm³/mol. The lowest BCUT2D eigenvalue weighted by Crippen LogP contribution is -2.17. The highest BCUT2D eigenvalue weighted by molar-refractivity contribution is 6.31. The second-order valence-corrected chi connectivity index (χ2v) is 5.75. The van der Waals surface area contributed by atoms with Gasteiger partial charge in [0.1, 0.15) is 17.4 Å². The molecule has 2 aromatic carbocycles. The van der Waals surface area contributed by atoms with Gasteiger partial charge in [0.15, 0.2) is 0 Å². The number of benzene rings is 2. The quantitative estimate of drug-likeness (QED) is 0.610. The van der Waals surface area contributed by atoms with Gasteiger partial charge in [-0.3, -0.25) is 4.79 Å². The number of hydrogen-bond donors (Lipinski definition) is 2. The lowest BCUT2D eigenvalue weighted by atomic mass is 10.2. The van der Waals surface area contributed by atoms with Crippen molar-refractivity contribution in [1.29, 1.82) is 5.26 Å². The number of hydrogen-bond acceptors (Lipinski definition) is 4. The molecular weight excluding hydrogens is 338 g/mol. The van der Waals surface area contributed by atoms with Crippen LogP contribution in [0, 0.1) is 18.3 Å². The summed E-state index contributed by atoms with van der Waals surface area (Å²) in [5.74, 6) is 0.254. The van der Waals surface area contributed by atoms with E-state index in [0.29, 0.717) is 17.3 Å². The molecule has 0 saturated heterocycles. The maximum Gasteiger partial charge on any atom is 0.267 e. The fraction of sp³-hybridized carbons (Fsp3) is 0.158. The van der Waals surface area contributed by atoms with Gasteiger partial charge in [-0.1, -0.05) is 29.8 Å². The lowest BCUT2D eigenvalue weighted by Gasteiger charge is -2.09. The molecule has 0 aliphatic heterocycles. The molecule has 0 aliphatic rings. The Bertz CT molecular complexity index is 841. The van der Waals surface area contributed by atoms with Gasteiger partial charge in [-0.2, -0.15) is 5.26 Å². The highest BCUT2D eigenvalue weighted by atomic mass is 35.5. The Balaban J connectivity index is 2.02. The van der Waals surface area contributed by atoms with Crippen LogP contribution < -0.4 is 15.4 Å². The summed E-state index contributed by atoms with van der Waals surface area (Å²) < 4.78 is 5.16. The van der Waals surface area contributed by atoms with Crippen LogP contribution in [0.15, 0.2) is 54.2 Å². The molecule has 25 heavy (non-hydrogen) atoms. The molecule has 1 amide bonds. The Morgan fingerprint density at radius 2 is 2.12 bits per heavy atom. The fourth-order valence-corrected chi connectivity index (χ4v) is 2.29. The number of carbonyl (C=O) groups is 1. The van der Waals surface area contributed by atoms with Crippen LogP contribution >= 0.6 is 11.6 Å². The third-order valence-electron chi connectivity index (χ3n) is 3.50. The molecule has 0 aliphatic carbocycles. The van der Waals surface area contributed by atoms with Crippen molar-refractivity contribution in [3.05, 3.63) is 70.4 Å². The summed E-state index contributed by atoms with van der Waals surface area (Å²) in [7, 11) is 1.60. The van der Waals surface area contributed by atoms with Crippen molar-refractivity contribution >= 4 is 23.2 Å². The number of amides is 1. The molecule has 0 radical (unpaired) electrons. The Labute approximate surface area is 151 Å². The third kappa shape index (κ3) is 5.27. The molecule has 2 rings (SSSR count). The molecule has 0 heterocycles. The van der Waals surface area contributed by atoms with Crippen molar-refractivity contribution in [2.75, 3.05) is 12.4 Å². The summed E-state index contributed by atoms with van der Waals surface area (Å²) in [6, 6.07) is 14.6. The smallest absolute Gasteiger partial charge is 0.267 e. The first-order chi connectivity index (χ1) is 12.0. The Kier molecular flexibility index (Phi) is 6.44. The molecule has 6 heteroatoms. The Morgan fingerprint density at radius 3 is 2.84 bits per heavy atom. The molecule has 0 atom stereocenters. The molecule has 0 spiro atoms. The number of rotatable bonds is 6. The van der Waals surface area contributed by atoms with E-state index >= 15 is 0 Å². The second-order valence-electron chi connectivity index (χ2n) is 5.32. The molecule has 0 aromatic heterocycles. The maximum absolute atomic E-state index is 12.2. The normalized spacial score (nSPS) is 10.7. The van der Waals surface area contributed by atoms with Crippen LogP contribution in [0.1, 0.15) is 11.1 Å². The van der Waals surface area contributed by atoms with Gasteiger partial charge < -0.3 is 15.4 Å². The largest absolute Gasteiger partial charge is 0.497 e. The average molecular weight is 356 g/mol. The number of anilines is 1. The molecule has 0 unspecified atom stereocenters. The Morgan fingerprint density at radius 1 is 1.32 bits per heavy atom. The lowest BCUT2D eigenvalue weighted by molar-refractivity contribution is -0.112. The first-order valence-corrected chi connectivity index (χ1v) is 7.95. The number of aryl methyl sites for hydroxylation is 1. The van der Waals surface area contributed by atoms with Crippen molar-refractivity contribution in [3.63, 3.8) is 0 Å². The number of nitriles is 1. The summed E-state index contributed by atoms with van der Waals surface area (Å²) >= 11 is 5.94. The van der Waals surface area contributed by atoms with E-state index < -0.39 is 5.91 Å². The van der Waals surface area contributed by atoms with Gasteiger partial charge in [-0.05, 0) is 42.3 Å². The van der Waals surface area contributed by atoms with Crippen LogP contribution in [0.2, 0.25) is 5.02 Å². The number of halogens is 1. The monoisotopic (exact) mass is 355 g/mol. The van der Waals surface area contributed by atoms with E-state index in [1.165, 1.54) is 6.20 Å². The minimum absolute atomic E-state index is 0.0257. The van der Waals surface area contributed by atoms with Crippen molar-refractivity contribution in [2.24, 2.45) is 0 Å². The molecule has 0 saturated carbocycles. The van der Waals surface area contributed by atoms with Gasteiger partial charge in [0.2, 0.25) is 0 Å². The van der Waals surface area contributed by atoms with Crippen molar-refractivity contribution in [1.82, 2.24) is 5.32 Å². The number of carbonyl (C=O) groups excluding carboxylic acids is 1. The van der Waals surface area contributed by atoms with E-state index in [4.69, 9.17) is 16.3 Å². The molecule has 0 fully saturated rings. The van der Waals surface area contributed by atoms with Gasteiger partial charge >= 0.3 is 0 Å². The van der Waals surface area contributed by atoms with Gasteiger partial charge in [-0.15, -0.1) is 0 Å².